The lowest BCUT2D eigenvalue weighted by molar-refractivity contribution is -0.145. The second kappa shape index (κ2) is 5.68. The number of carbonyl (C=O) groups is 1. The number of nitrogens with zero attached hydrogens (tertiary/aromatic N) is 1. The zero-order valence-electron chi connectivity index (χ0n) is 10.0. The molecule has 0 radical (unpaired) electrons. The summed E-state index contributed by atoms with van der Waals surface area (Å²) in [4.78, 5) is 11.5. The maximum absolute atomic E-state index is 11.5. The summed E-state index contributed by atoms with van der Waals surface area (Å²) in [7, 11) is 0. The molecule has 0 aliphatic heterocycles. The molecule has 0 aromatic heterocycles. The van der Waals surface area contributed by atoms with Crippen molar-refractivity contribution in [3.63, 3.8) is 0 Å². The number of anilines is 1. The first kappa shape index (κ1) is 13.5. The van der Waals surface area contributed by atoms with Gasteiger partial charge >= 0.3 is 5.97 Å². The third kappa shape index (κ3) is 5.36. The first-order valence-electron chi connectivity index (χ1n) is 5.16. The van der Waals surface area contributed by atoms with Crippen molar-refractivity contribution in [3.8, 4) is 0 Å². The summed E-state index contributed by atoms with van der Waals surface area (Å²) in [5.41, 5.74) is 2.83. The molecule has 0 bridgehead atoms. The molecule has 0 aliphatic carbocycles. The van der Waals surface area contributed by atoms with Gasteiger partial charge < -0.3 is 4.74 Å². The van der Waals surface area contributed by atoms with Gasteiger partial charge in [0.25, 0.3) is 0 Å². The lowest BCUT2D eigenvalue weighted by atomic mass is 10.2. The molecule has 0 amide bonds. The predicted octanol–water partition coefficient (Wildman–Crippen LogP) is 2.99. The van der Waals surface area contributed by atoms with Crippen molar-refractivity contribution in [1.29, 1.82) is 0 Å². The van der Waals surface area contributed by atoms with Gasteiger partial charge in [0.1, 0.15) is 5.60 Å². The minimum Gasteiger partial charge on any atom is -0.455 e. The number of halogens is 1. The Hall–Kier alpha value is -1.55. The molecular formula is C12H15ClN2O2. The number of benzene rings is 1. The Bertz CT molecular complexity index is 410. The topological polar surface area (TPSA) is 50.7 Å². The van der Waals surface area contributed by atoms with E-state index in [-0.39, 0.29) is 5.17 Å². The van der Waals surface area contributed by atoms with E-state index in [9.17, 15) is 4.79 Å². The molecule has 0 heterocycles. The van der Waals surface area contributed by atoms with E-state index in [4.69, 9.17) is 16.3 Å². The van der Waals surface area contributed by atoms with Crippen LogP contribution in [0.25, 0.3) is 0 Å². The van der Waals surface area contributed by atoms with Crippen molar-refractivity contribution in [1.82, 2.24) is 0 Å². The Morgan fingerprint density at radius 2 is 1.88 bits per heavy atom. The van der Waals surface area contributed by atoms with E-state index in [1.54, 1.807) is 20.8 Å². The highest BCUT2D eigenvalue weighted by Crippen LogP contribution is 2.09. The molecule has 17 heavy (non-hydrogen) atoms. The number of nitrogens with one attached hydrogen (secondary N) is 1. The molecule has 0 saturated carbocycles. The van der Waals surface area contributed by atoms with Gasteiger partial charge in [0.15, 0.2) is 0 Å². The van der Waals surface area contributed by atoms with Crippen LogP contribution in [0.15, 0.2) is 35.4 Å². The number of hydrazone groups is 1. The van der Waals surface area contributed by atoms with E-state index in [0.29, 0.717) is 0 Å². The van der Waals surface area contributed by atoms with E-state index in [1.165, 1.54) is 0 Å². The molecule has 0 unspecified atom stereocenters. The van der Waals surface area contributed by atoms with Crippen molar-refractivity contribution in [2.45, 2.75) is 26.4 Å². The molecule has 0 aliphatic rings. The number of esters is 1. The fourth-order valence-electron chi connectivity index (χ4n) is 0.992. The molecule has 0 atom stereocenters. The molecule has 92 valence electrons. The summed E-state index contributed by atoms with van der Waals surface area (Å²) in [6, 6.07) is 9.19. The zero-order valence-corrected chi connectivity index (χ0v) is 10.8. The van der Waals surface area contributed by atoms with Crippen LogP contribution in [0.1, 0.15) is 20.8 Å². The second-order valence-electron chi connectivity index (χ2n) is 4.38. The Labute approximate surface area is 106 Å². The van der Waals surface area contributed by atoms with Gasteiger partial charge in [-0.3, -0.25) is 5.43 Å². The minimum atomic E-state index is -0.650. The first-order chi connectivity index (χ1) is 7.88. The Kier molecular flexibility index (Phi) is 4.52. The molecule has 1 N–H and O–H groups in total. The highest BCUT2D eigenvalue weighted by Gasteiger charge is 2.19. The number of rotatable bonds is 3. The van der Waals surface area contributed by atoms with E-state index in [2.05, 4.69) is 10.5 Å². The molecule has 1 aromatic rings. The Morgan fingerprint density at radius 1 is 1.29 bits per heavy atom. The van der Waals surface area contributed by atoms with Crippen LogP contribution in [0.4, 0.5) is 5.69 Å². The summed E-state index contributed by atoms with van der Waals surface area (Å²) in [5.74, 6) is -0.650. The third-order valence-electron chi connectivity index (χ3n) is 1.62. The molecule has 0 spiro atoms. The van der Waals surface area contributed by atoms with Crippen LogP contribution in [0.3, 0.4) is 0 Å². The van der Waals surface area contributed by atoms with E-state index < -0.39 is 11.6 Å². The standard InChI is InChI=1S/C12H15ClN2O2/c1-12(2,3)17-11(16)10(13)15-14-9-7-5-4-6-8-9/h4-8,14H,1-3H3/b15-10+. The third-order valence-corrected chi connectivity index (χ3v) is 1.86. The van der Waals surface area contributed by atoms with Crippen LogP contribution in [0.2, 0.25) is 0 Å². The summed E-state index contributed by atoms with van der Waals surface area (Å²) in [6.45, 7) is 5.29. The Morgan fingerprint density at radius 3 is 2.41 bits per heavy atom. The summed E-state index contributed by atoms with van der Waals surface area (Å²) in [5, 5.41) is 3.50. The lowest BCUT2D eigenvalue weighted by Gasteiger charge is -2.18. The second-order valence-corrected chi connectivity index (χ2v) is 4.74. The van der Waals surface area contributed by atoms with E-state index in [0.717, 1.165) is 5.69 Å². The zero-order chi connectivity index (χ0) is 12.9. The predicted molar refractivity (Wildman–Crippen MR) is 69.2 cm³/mol. The van der Waals surface area contributed by atoms with Crippen molar-refractivity contribution >= 4 is 28.4 Å². The number of carbonyl (C=O) groups excluding carboxylic acids is 1. The fourth-order valence-corrected chi connectivity index (χ4v) is 1.07. The van der Waals surface area contributed by atoms with Gasteiger partial charge in [0, 0.05) is 0 Å². The quantitative estimate of drug-likeness (QED) is 0.513. The van der Waals surface area contributed by atoms with Crippen LogP contribution in [-0.2, 0) is 9.53 Å². The molecule has 0 fully saturated rings. The minimum absolute atomic E-state index is 0.233. The van der Waals surface area contributed by atoms with Gasteiger partial charge in [-0.05, 0) is 32.9 Å². The molecule has 1 aromatic carbocycles. The normalized spacial score (nSPS) is 12.1. The smallest absolute Gasteiger partial charge is 0.371 e. The van der Waals surface area contributed by atoms with Crippen molar-refractivity contribution < 1.29 is 9.53 Å². The number of hydrogen-bond acceptors (Lipinski definition) is 4. The van der Waals surface area contributed by atoms with Crippen LogP contribution in [0.5, 0.6) is 0 Å². The average molecular weight is 255 g/mol. The van der Waals surface area contributed by atoms with Gasteiger partial charge in [0.2, 0.25) is 5.17 Å². The van der Waals surface area contributed by atoms with E-state index in [1.807, 2.05) is 30.3 Å². The fraction of sp³-hybridized carbons (Fsp3) is 0.333. The van der Waals surface area contributed by atoms with Crippen LogP contribution in [-0.4, -0.2) is 16.7 Å². The summed E-state index contributed by atoms with van der Waals surface area (Å²) < 4.78 is 5.05. The summed E-state index contributed by atoms with van der Waals surface area (Å²) in [6.07, 6.45) is 0. The monoisotopic (exact) mass is 254 g/mol. The molecular weight excluding hydrogens is 240 g/mol. The van der Waals surface area contributed by atoms with Crippen LogP contribution < -0.4 is 5.43 Å². The highest BCUT2D eigenvalue weighted by atomic mass is 35.5. The lowest BCUT2D eigenvalue weighted by Crippen LogP contribution is -2.27. The van der Waals surface area contributed by atoms with Crippen LogP contribution >= 0.6 is 11.6 Å². The number of hydrogen-bond donors (Lipinski definition) is 1. The maximum atomic E-state index is 11.5. The largest absolute Gasteiger partial charge is 0.455 e. The van der Waals surface area contributed by atoms with Crippen molar-refractivity contribution in [2.24, 2.45) is 5.10 Å². The van der Waals surface area contributed by atoms with Crippen molar-refractivity contribution in [3.05, 3.63) is 30.3 Å². The SMILES string of the molecule is CC(C)(C)OC(=O)/C(Cl)=N\Nc1ccccc1. The number of ether oxygens (including phenoxy) is 1. The highest BCUT2D eigenvalue weighted by molar-refractivity contribution is 6.82. The van der Waals surface area contributed by atoms with Gasteiger partial charge in [-0.1, -0.05) is 29.8 Å². The number of para-hydroxylation sites is 1. The molecule has 4 nitrogen and oxygen atoms in total. The van der Waals surface area contributed by atoms with Gasteiger partial charge in [-0.15, -0.1) is 0 Å². The van der Waals surface area contributed by atoms with Crippen molar-refractivity contribution in [2.75, 3.05) is 5.43 Å². The molecule has 0 saturated heterocycles. The molecule has 1 rings (SSSR count). The Balaban J connectivity index is 2.58. The maximum Gasteiger partial charge on any atom is 0.371 e. The molecule has 5 heteroatoms. The first-order valence-corrected chi connectivity index (χ1v) is 5.54. The summed E-state index contributed by atoms with van der Waals surface area (Å²) >= 11 is 5.70. The van der Waals surface area contributed by atoms with Crippen LogP contribution in [0, 0.1) is 0 Å². The van der Waals surface area contributed by atoms with E-state index >= 15 is 0 Å². The van der Waals surface area contributed by atoms with Gasteiger partial charge in [-0.2, -0.15) is 5.10 Å². The average Bonchev–Trinajstić information content (AvgIpc) is 2.25. The van der Waals surface area contributed by atoms with Gasteiger partial charge in [0.05, 0.1) is 5.69 Å². The van der Waals surface area contributed by atoms with Gasteiger partial charge in [-0.25, -0.2) is 4.79 Å².